The second kappa shape index (κ2) is 14.6. The van der Waals surface area contributed by atoms with Gasteiger partial charge in [-0.15, -0.1) is 0 Å². The first-order chi connectivity index (χ1) is 11.4. The average Bonchev–Trinajstić information content (AvgIpc) is 2.58. The Hall–Kier alpha value is -0.940. The Kier molecular flexibility index (Phi) is 12.8. The molecule has 0 bridgehead atoms. The van der Waals surface area contributed by atoms with E-state index in [0.29, 0.717) is 0 Å². The number of benzene rings is 1. The lowest BCUT2D eigenvalue weighted by Gasteiger charge is -2.12. The van der Waals surface area contributed by atoms with Gasteiger partial charge in [-0.3, -0.25) is 0 Å². The molecule has 0 unspecified atom stereocenters. The molecule has 0 aliphatic rings. The third-order valence-electron chi connectivity index (χ3n) is 3.99. The van der Waals surface area contributed by atoms with Crippen molar-refractivity contribution in [2.45, 2.75) is 45.7 Å². The van der Waals surface area contributed by atoms with Crippen LogP contribution in [0, 0.1) is 0 Å². The van der Waals surface area contributed by atoms with Crippen molar-refractivity contribution in [1.82, 2.24) is 21.3 Å². The fraction of sp³-hybridized carbons (Fsp3) is 0.684. The van der Waals surface area contributed by atoms with Crippen LogP contribution < -0.4 is 21.3 Å². The molecule has 1 rings (SSSR count). The molecule has 4 nitrogen and oxygen atoms in total. The van der Waals surface area contributed by atoms with Gasteiger partial charge in [0.25, 0.3) is 0 Å². The molecule has 23 heavy (non-hydrogen) atoms. The van der Waals surface area contributed by atoms with Crippen molar-refractivity contribution in [2.75, 3.05) is 39.8 Å². The van der Waals surface area contributed by atoms with Crippen LogP contribution in [0.5, 0.6) is 0 Å². The van der Waals surface area contributed by atoms with Crippen molar-refractivity contribution < 1.29 is 0 Å². The number of nitrogens with one attached hydrogen (secondary N) is 4. The highest BCUT2D eigenvalue weighted by atomic mass is 14.9. The lowest BCUT2D eigenvalue weighted by Crippen LogP contribution is -2.21. The van der Waals surface area contributed by atoms with Crippen LogP contribution in [-0.2, 0) is 13.1 Å². The van der Waals surface area contributed by atoms with Crippen LogP contribution in [0.2, 0.25) is 0 Å². The fourth-order valence-corrected chi connectivity index (χ4v) is 2.58. The summed E-state index contributed by atoms with van der Waals surface area (Å²) in [6, 6.07) is 8.75. The van der Waals surface area contributed by atoms with Crippen LogP contribution in [0.25, 0.3) is 0 Å². The maximum Gasteiger partial charge on any atom is 0.0208 e. The van der Waals surface area contributed by atoms with E-state index in [2.05, 4.69) is 52.5 Å². The summed E-state index contributed by atoms with van der Waals surface area (Å²) in [6.45, 7) is 9.59. The number of hydrogen-bond donors (Lipinski definition) is 4. The highest BCUT2D eigenvalue weighted by Gasteiger charge is 2.01. The summed E-state index contributed by atoms with van der Waals surface area (Å²) in [5.41, 5.74) is 2.84. The molecule has 0 aliphatic carbocycles. The molecule has 0 radical (unpaired) electrons. The molecule has 1 aromatic rings. The SMILES string of the molecule is CCNCCCCNCc1ccccc1CNCCCCNC. The number of rotatable bonds is 15. The number of hydrogen-bond acceptors (Lipinski definition) is 4. The molecule has 0 aromatic heterocycles. The summed E-state index contributed by atoms with van der Waals surface area (Å²) in [5.74, 6) is 0. The topological polar surface area (TPSA) is 48.1 Å². The summed E-state index contributed by atoms with van der Waals surface area (Å²) >= 11 is 0. The highest BCUT2D eigenvalue weighted by Crippen LogP contribution is 2.08. The molecule has 0 amide bonds. The Morgan fingerprint density at radius 3 is 1.65 bits per heavy atom. The largest absolute Gasteiger partial charge is 0.320 e. The lowest BCUT2D eigenvalue weighted by molar-refractivity contribution is 0.583. The summed E-state index contributed by atoms with van der Waals surface area (Å²) in [6.07, 6.45) is 4.95. The Bertz CT molecular complexity index is 381. The van der Waals surface area contributed by atoms with Gasteiger partial charge in [-0.05, 0) is 76.6 Å². The Morgan fingerprint density at radius 2 is 1.17 bits per heavy atom. The monoisotopic (exact) mass is 320 g/mol. The zero-order valence-electron chi connectivity index (χ0n) is 15.1. The van der Waals surface area contributed by atoms with Gasteiger partial charge in [0.15, 0.2) is 0 Å². The first-order valence-corrected chi connectivity index (χ1v) is 9.22. The summed E-state index contributed by atoms with van der Waals surface area (Å²) in [4.78, 5) is 0. The van der Waals surface area contributed by atoms with Gasteiger partial charge >= 0.3 is 0 Å². The van der Waals surface area contributed by atoms with E-state index < -0.39 is 0 Å². The van der Waals surface area contributed by atoms with Crippen LogP contribution in [0.3, 0.4) is 0 Å². The summed E-state index contributed by atoms with van der Waals surface area (Å²) < 4.78 is 0. The van der Waals surface area contributed by atoms with Gasteiger partial charge in [0.2, 0.25) is 0 Å². The smallest absolute Gasteiger partial charge is 0.0208 e. The van der Waals surface area contributed by atoms with E-state index in [0.717, 1.165) is 45.8 Å². The molecule has 0 atom stereocenters. The van der Waals surface area contributed by atoms with E-state index >= 15 is 0 Å². The second-order valence-corrected chi connectivity index (χ2v) is 5.99. The van der Waals surface area contributed by atoms with E-state index in [4.69, 9.17) is 0 Å². The third-order valence-corrected chi connectivity index (χ3v) is 3.99. The van der Waals surface area contributed by atoms with Crippen molar-refractivity contribution in [3.63, 3.8) is 0 Å². The second-order valence-electron chi connectivity index (χ2n) is 5.99. The van der Waals surface area contributed by atoms with Crippen LogP contribution >= 0.6 is 0 Å². The normalized spacial score (nSPS) is 11.0. The summed E-state index contributed by atoms with van der Waals surface area (Å²) in [5, 5.41) is 13.7. The molecule has 1 aromatic carbocycles. The minimum atomic E-state index is 0.970. The highest BCUT2D eigenvalue weighted by molar-refractivity contribution is 5.26. The van der Waals surface area contributed by atoms with Crippen molar-refractivity contribution in [1.29, 1.82) is 0 Å². The van der Waals surface area contributed by atoms with Crippen molar-refractivity contribution in [3.05, 3.63) is 35.4 Å². The molecular weight excluding hydrogens is 284 g/mol. The van der Waals surface area contributed by atoms with Gasteiger partial charge in [0, 0.05) is 13.1 Å². The van der Waals surface area contributed by atoms with E-state index in [-0.39, 0.29) is 0 Å². The van der Waals surface area contributed by atoms with Crippen molar-refractivity contribution >= 4 is 0 Å². The van der Waals surface area contributed by atoms with E-state index in [1.54, 1.807) is 0 Å². The van der Waals surface area contributed by atoms with Gasteiger partial charge in [-0.2, -0.15) is 0 Å². The zero-order chi connectivity index (χ0) is 16.6. The van der Waals surface area contributed by atoms with Gasteiger partial charge in [0.05, 0.1) is 0 Å². The van der Waals surface area contributed by atoms with Crippen molar-refractivity contribution in [3.8, 4) is 0 Å². The van der Waals surface area contributed by atoms with Crippen LogP contribution in [0.1, 0.15) is 43.7 Å². The minimum Gasteiger partial charge on any atom is -0.320 e. The maximum atomic E-state index is 3.57. The predicted molar refractivity (Wildman–Crippen MR) is 101 cm³/mol. The first kappa shape index (κ1) is 20.1. The van der Waals surface area contributed by atoms with Gasteiger partial charge in [-0.25, -0.2) is 0 Å². The van der Waals surface area contributed by atoms with Gasteiger partial charge in [-0.1, -0.05) is 31.2 Å². The molecule has 0 aliphatic heterocycles. The molecule has 0 spiro atoms. The minimum absolute atomic E-state index is 0.970. The third kappa shape index (κ3) is 10.4. The lowest BCUT2D eigenvalue weighted by atomic mass is 10.1. The van der Waals surface area contributed by atoms with Crippen molar-refractivity contribution in [2.24, 2.45) is 0 Å². The molecule has 132 valence electrons. The van der Waals surface area contributed by atoms with Crippen LogP contribution in [0.15, 0.2) is 24.3 Å². The molecule has 0 saturated heterocycles. The summed E-state index contributed by atoms with van der Waals surface area (Å²) in [7, 11) is 2.01. The maximum absolute atomic E-state index is 3.57. The van der Waals surface area contributed by atoms with Gasteiger partial charge in [0.1, 0.15) is 0 Å². The zero-order valence-corrected chi connectivity index (χ0v) is 15.1. The fourth-order valence-electron chi connectivity index (χ4n) is 2.58. The Morgan fingerprint density at radius 1 is 0.696 bits per heavy atom. The average molecular weight is 321 g/mol. The molecule has 0 fully saturated rings. The van der Waals surface area contributed by atoms with Crippen LogP contribution in [-0.4, -0.2) is 39.8 Å². The Labute approximate surface area is 142 Å². The standard InChI is InChI=1S/C19H36N4/c1-3-21-13-8-9-15-23-17-19-11-5-4-10-18(19)16-22-14-7-6-12-20-2/h4-5,10-11,20-23H,3,6-9,12-17H2,1-2H3. The first-order valence-electron chi connectivity index (χ1n) is 9.22. The Balaban J connectivity index is 2.17. The number of unbranched alkanes of at least 4 members (excludes halogenated alkanes) is 2. The molecule has 0 saturated carbocycles. The molecule has 4 N–H and O–H groups in total. The van der Waals surface area contributed by atoms with E-state index in [9.17, 15) is 0 Å². The van der Waals surface area contributed by atoms with Gasteiger partial charge < -0.3 is 21.3 Å². The quantitative estimate of drug-likeness (QED) is 0.374. The van der Waals surface area contributed by atoms with E-state index in [1.165, 1.54) is 36.8 Å². The van der Waals surface area contributed by atoms with E-state index in [1.807, 2.05) is 7.05 Å². The predicted octanol–water partition coefficient (Wildman–Crippen LogP) is 2.26. The van der Waals surface area contributed by atoms with Crippen LogP contribution in [0.4, 0.5) is 0 Å². The molecular formula is C19H36N4. The molecule has 0 heterocycles. The molecule has 4 heteroatoms.